The van der Waals surface area contributed by atoms with Crippen LogP contribution >= 0.6 is 0 Å². The van der Waals surface area contributed by atoms with Gasteiger partial charge >= 0.3 is 0 Å². The van der Waals surface area contributed by atoms with E-state index in [2.05, 4.69) is 10.2 Å². The van der Waals surface area contributed by atoms with Crippen LogP contribution < -0.4 is 10.1 Å². The number of nitrogens with one attached hydrogen (secondary N) is 1. The number of benzene rings is 1. The Morgan fingerprint density at radius 2 is 2.14 bits per heavy atom. The summed E-state index contributed by atoms with van der Waals surface area (Å²) in [5, 5.41) is 2.72. The fourth-order valence-electron chi connectivity index (χ4n) is 2.78. The number of amides is 1. The summed E-state index contributed by atoms with van der Waals surface area (Å²) in [6.45, 7) is 1.53. The Hall–Kier alpha value is -2.27. The minimum Gasteiger partial charge on any atom is -0.429 e. The van der Waals surface area contributed by atoms with Crippen LogP contribution in [0.4, 0.5) is 0 Å². The van der Waals surface area contributed by atoms with E-state index in [4.69, 9.17) is 9.15 Å². The second-order valence-corrected chi connectivity index (χ2v) is 5.38. The van der Waals surface area contributed by atoms with Crippen molar-refractivity contribution in [1.82, 2.24) is 10.2 Å². The van der Waals surface area contributed by atoms with Crippen LogP contribution in [0.5, 0.6) is 11.7 Å². The van der Waals surface area contributed by atoms with Gasteiger partial charge in [0.15, 0.2) is 0 Å². The monoisotopic (exact) mass is 300 g/mol. The fourth-order valence-corrected chi connectivity index (χ4v) is 2.78. The van der Waals surface area contributed by atoms with Crippen molar-refractivity contribution >= 4 is 5.91 Å². The molecule has 1 fully saturated rings. The number of ether oxygens (including phenoxy) is 1. The van der Waals surface area contributed by atoms with E-state index in [0.717, 1.165) is 30.9 Å². The average Bonchev–Trinajstić information content (AvgIpc) is 3.18. The second-order valence-electron chi connectivity index (χ2n) is 5.38. The number of para-hydroxylation sites is 1. The molecule has 0 aliphatic carbocycles. The van der Waals surface area contributed by atoms with Gasteiger partial charge in [-0.1, -0.05) is 18.2 Å². The molecule has 1 atom stereocenters. The summed E-state index contributed by atoms with van der Waals surface area (Å²) in [4.78, 5) is 14.0. The normalized spacial score (nSPS) is 18.3. The fraction of sp³-hybridized carbons (Fsp3) is 0.353. The number of hydrogen-bond donors (Lipinski definition) is 1. The molecule has 1 aliphatic rings. The molecule has 0 bridgehead atoms. The van der Waals surface area contributed by atoms with Gasteiger partial charge in [-0.2, -0.15) is 0 Å². The predicted octanol–water partition coefficient (Wildman–Crippen LogP) is 2.78. The quantitative estimate of drug-likeness (QED) is 0.922. The predicted molar refractivity (Wildman–Crippen MR) is 82.7 cm³/mol. The van der Waals surface area contributed by atoms with Crippen molar-refractivity contribution in [3.05, 3.63) is 48.2 Å². The van der Waals surface area contributed by atoms with E-state index in [1.54, 1.807) is 7.05 Å². The lowest BCUT2D eigenvalue weighted by Gasteiger charge is -2.21. The number of rotatable bonds is 5. The second kappa shape index (κ2) is 6.66. The molecule has 0 radical (unpaired) electrons. The Morgan fingerprint density at radius 1 is 1.32 bits per heavy atom. The summed E-state index contributed by atoms with van der Waals surface area (Å²) in [7, 11) is 1.68. The highest BCUT2D eigenvalue weighted by Gasteiger charge is 2.30. The van der Waals surface area contributed by atoms with Crippen molar-refractivity contribution in [2.45, 2.75) is 25.4 Å². The third kappa shape index (κ3) is 3.31. The largest absolute Gasteiger partial charge is 0.429 e. The van der Waals surface area contributed by atoms with Crippen molar-refractivity contribution in [1.29, 1.82) is 0 Å². The molecule has 2 aromatic rings. The average molecular weight is 300 g/mol. The number of carbonyl (C=O) groups is 1. The van der Waals surface area contributed by atoms with Gasteiger partial charge in [0, 0.05) is 13.1 Å². The van der Waals surface area contributed by atoms with Gasteiger partial charge in [0.2, 0.25) is 5.91 Å². The van der Waals surface area contributed by atoms with Crippen molar-refractivity contribution in [3.63, 3.8) is 0 Å². The van der Waals surface area contributed by atoms with Gasteiger partial charge < -0.3 is 14.5 Å². The number of hydrogen-bond acceptors (Lipinski definition) is 4. The minimum atomic E-state index is -0.0615. The van der Waals surface area contributed by atoms with Crippen LogP contribution in [0.3, 0.4) is 0 Å². The number of nitrogens with zero attached hydrogens (tertiary/aromatic N) is 1. The van der Waals surface area contributed by atoms with Gasteiger partial charge in [-0.3, -0.25) is 9.69 Å². The summed E-state index contributed by atoms with van der Waals surface area (Å²) < 4.78 is 11.4. The lowest BCUT2D eigenvalue weighted by molar-refractivity contribution is -0.125. The number of likely N-dealkylation sites (N-methyl/N-ethyl adjacent to an activating group) is 1. The standard InChI is InChI=1S/C17H20N2O3/c1-18-17(20)15-8-5-11-19(15)12-14-9-10-16(22-14)21-13-6-3-2-4-7-13/h2-4,6-7,9-10,15H,5,8,11-12H2,1H3,(H,18,20). The zero-order chi connectivity index (χ0) is 15.4. The molecule has 1 saturated heterocycles. The maximum Gasteiger partial charge on any atom is 0.290 e. The third-order valence-electron chi connectivity index (χ3n) is 3.87. The van der Waals surface area contributed by atoms with Crippen LogP contribution in [0.25, 0.3) is 0 Å². The molecule has 2 heterocycles. The first-order valence-corrected chi connectivity index (χ1v) is 7.53. The maximum atomic E-state index is 11.9. The van der Waals surface area contributed by atoms with Crippen LogP contribution in [0.1, 0.15) is 18.6 Å². The molecule has 116 valence electrons. The van der Waals surface area contributed by atoms with Crippen LogP contribution in [-0.4, -0.2) is 30.4 Å². The summed E-state index contributed by atoms with van der Waals surface area (Å²) >= 11 is 0. The maximum absolute atomic E-state index is 11.9. The lowest BCUT2D eigenvalue weighted by Crippen LogP contribution is -2.41. The van der Waals surface area contributed by atoms with Gasteiger partial charge in [-0.05, 0) is 37.6 Å². The van der Waals surface area contributed by atoms with Crippen LogP contribution in [0.2, 0.25) is 0 Å². The van der Waals surface area contributed by atoms with E-state index in [1.165, 1.54) is 0 Å². The molecule has 5 nitrogen and oxygen atoms in total. The molecule has 0 spiro atoms. The van der Waals surface area contributed by atoms with E-state index in [0.29, 0.717) is 12.5 Å². The van der Waals surface area contributed by atoms with Gasteiger partial charge in [-0.15, -0.1) is 0 Å². The summed E-state index contributed by atoms with van der Waals surface area (Å²) in [5.41, 5.74) is 0. The van der Waals surface area contributed by atoms with Gasteiger partial charge in [-0.25, -0.2) is 0 Å². The molecule has 1 aromatic carbocycles. The highest BCUT2D eigenvalue weighted by Crippen LogP contribution is 2.26. The zero-order valence-electron chi connectivity index (χ0n) is 12.6. The van der Waals surface area contributed by atoms with E-state index in [1.807, 2.05) is 42.5 Å². The Labute approximate surface area is 129 Å². The van der Waals surface area contributed by atoms with Crippen molar-refractivity contribution in [2.75, 3.05) is 13.6 Å². The molecule has 1 aliphatic heterocycles. The van der Waals surface area contributed by atoms with Crippen LogP contribution in [-0.2, 0) is 11.3 Å². The Kier molecular flexibility index (Phi) is 4.44. The molecular formula is C17H20N2O3. The Bertz CT molecular complexity index is 624. The van der Waals surface area contributed by atoms with E-state index < -0.39 is 0 Å². The number of carbonyl (C=O) groups excluding carboxylic acids is 1. The van der Waals surface area contributed by atoms with Crippen molar-refractivity contribution in [3.8, 4) is 11.7 Å². The van der Waals surface area contributed by atoms with E-state index in [9.17, 15) is 4.79 Å². The molecule has 1 N–H and O–H groups in total. The first-order chi connectivity index (χ1) is 10.8. The summed E-state index contributed by atoms with van der Waals surface area (Å²) in [6, 6.07) is 13.2. The topological polar surface area (TPSA) is 54.7 Å². The van der Waals surface area contributed by atoms with Gasteiger partial charge in [0.05, 0.1) is 12.6 Å². The smallest absolute Gasteiger partial charge is 0.290 e. The van der Waals surface area contributed by atoms with Crippen molar-refractivity contribution < 1.29 is 13.9 Å². The highest BCUT2D eigenvalue weighted by molar-refractivity contribution is 5.81. The minimum absolute atomic E-state index is 0.0615. The first-order valence-electron chi connectivity index (χ1n) is 7.53. The van der Waals surface area contributed by atoms with E-state index in [-0.39, 0.29) is 11.9 Å². The lowest BCUT2D eigenvalue weighted by atomic mass is 10.2. The summed E-state index contributed by atoms with van der Waals surface area (Å²) in [6.07, 6.45) is 1.93. The first kappa shape index (κ1) is 14.7. The van der Waals surface area contributed by atoms with Gasteiger partial charge in [0.25, 0.3) is 5.95 Å². The molecule has 0 saturated carbocycles. The molecule has 1 unspecified atom stereocenters. The SMILES string of the molecule is CNC(=O)C1CCCN1Cc1ccc(Oc2ccccc2)o1. The molecule has 22 heavy (non-hydrogen) atoms. The van der Waals surface area contributed by atoms with Gasteiger partial charge in [0.1, 0.15) is 11.5 Å². The Morgan fingerprint density at radius 3 is 2.91 bits per heavy atom. The Balaban J connectivity index is 1.63. The van der Waals surface area contributed by atoms with Crippen LogP contribution in [0.15, 0.2) is 46.9 Å². The molecule has 3 rings (SSSR count). The summed E-state index contributed by atoms with van der Waals surface area (Å²) in [5.74, 6) is 2.09. The van der Waals surface area contributed by atoms with Crippen LogP contribution in [0, 0.1) is 0 Å². The number of likely N-dealkylation sites (tertiary alicyclic amines) is 1. The molecule has 5 heteroatoms. The third-order valence-corrected chi connectivity index (χ3v) is 3.87. The van der Waals surface area contributed by atoms with E-state index >= 15 is 0 Å². The molecular weight excluding hydrogens is 280 g/mol. The number of furan rings is 1. The highest BCUT2D eigenvalue weighted by atomic mass is 16.6. The zero-order valence-corrected chi connectivity index (χ0v) is 12.6. The van der Waals surface area contributed by atoms with Crippen molar-refractivity contribution in [2.24, 2.45) is 0 Å². The molecule has 1 amide bonds. The molecule has 1 aromatic heterocycles.